The maximum atomic E-state index is 5.59. The Morgan fingerprint density at radius 3 is 2.79 bits per heavy atom. The van der Waals surface area contributed by atoms with E-state index in [1.165, 1.54) is 0 Å². The second-order valence-corrected chi connectivity index (χ2v) is 3.64. The van der Waals surface area contributed by atoms with Crippen molar-refractivity contribution in [3.8, 4) is 0 Å². The number of benzene rings is 1. The maximum Gasteiger partial charge on any atom is 0.198 e. The van der Waals surface area contributed by atoms with Gasteiger partial charge in [-0.3, -0.25) is 0 Å². The van der Waals surface area contributed by atoms with Crippen LogP contribution >= 0.6 is 0 Å². The molecule has 3 nitrogen and oxygen atoms in total. The van der Waals surface area contributed by atoms with Crippen LogP contribution in [0.1, 0.15) is 25.7 Å². The molecule has 1 aromatic heterocycles. The molecule has 0 unspecified atom stereocenters. The number of fused-ring (bicyclic) bond motifs is 1. The van der Waals surface area contributed by atoms with E-state index in [1.807, 2.05) is 25.2 Å². The first-order chi connectivity index (χ1) is 6.70. The Morgan fingerprint density at radius 2 is 2.14 bits per heavy atom. The lowest BCUT2D eigenvalue weighted by Gasteiger charge is -1.96. The second kappa shape index (κ2) is 3.33. The summed E-state index contributed by atoms with van der Waals surface area (Å²) >= 11 is 0. The van der Waals surface area contributed by atoms with Gasteiger partial charge in [-0.25, -0.2) is 4.98 Å². The fraction of sp³-hybridized carbons (Fsp3) is 0.364. The van der Waals surface area contributed by atoms with Gasteiger partial charge in [0, 0.05) is 18.7 Å². The van der Waals surface area contributed by atoms with Crippen LogP contribution in [0.2, 0.25) is 0 Å². The van der Waals surface area contributed by atoms with E-state index in [0.717, 1.165) is 22.7 Å². The van der Waals surface area contributed by atoms with Crippen molar-refractivity contribution in [2.24, 2.45) is 0 Å². The van der Waals surface area contributed by atoms with Gasteiger partial charge in [-0.15, -0.1) is 0 Å². The van der Waals surface area contributed by atoms with Crippen LogP contribution in [0.5, 0.6) is 0 Å². The van der Waals surface area contributed by atoms with E-state index in [4.69, 9.17) is 4.42 Å². The third-order valence-corrected chi connectivity index (χ3v) is 2.19. The van der Waals surface area contributed by atoms with Crippen LogP contribution in [0, 0.1) is 0 Å². The third kappa shape index (κ3) is 1.45. The lowest BCUT2D eigenvalue weighted by Crippen LogP contribution is -1.87. The van der Waals surface area contributed by atoms with Gasteiger partial charge in [0.05, 0.1) is 0 Å². The Morgan fingerprint density at radius 1 is 1.36 bits per heavy atom. The van der Waals surface area contributed by atoms with Crippen molar-refractivity contribution in [2.45, 2.75) is 19.8 Å². The van der Waals surface area contributed by atoms with Gasteiger partial charge in [0.2, 0.25) is 0 Å². The number of anilines is 1. The van der Waals surface area contributed by atoms with Gasteiger partial charge in [-0.05, 0) is 18.2 Å². The number of hydrogen-bond acceptors (Lipinski definition) is 3. The van der Waals surface area contributed by atoms with Crippen molar-refractivity contribution in [3.05, 3.63) is 24.1 Å². The standard InChI is InChI=1S/C11H14N2O/c1-7(2)11-13-9-6-8(12-3)4-5-10(9)14-11/h4-7,12H,1-3H3. The van der Waals surface area contributed by atoms with E-state index in [0.29, 0.717) is 5.92 Å². The summed E-state index contributed by atoms with van der Waals surface area (Å²) in [5, 5.41) is 3.08. The molecule has 0 aliphatic heterocycles. The van der Waals surface area contributed by atoms with Gasteiger partial charge in [-0.1, -0.05) is 13.8 Å². The molecule has 1 heterocycles. The summed E-state index contributed by atoms with van der Waals surface area (Å²) in [7, 11) is 1.89. The van der Waals surface area contributed by atoms with Crippen LogP contribution < -0.4 is 5.32 Å². The zero-order valence-corrected chi connectivity index (χ0v) is 8.66. The lowest BCUT2D eigenvalue weighted by molar-refractivity contribution is 0.501. The van der Waals surface area contributed by atoms with Gasteiger partial charge < -0.3 is 9.73 Å². The fourth-order valence-electron chi connectivity index (χ4n) is 1.35. The quantitative estimate of drug-likeness (QED) is 0.791. The molecule has 0 bridgehead atoms. The SMILES string of the molecule is CNc1ccc2oc(C(C)C)nc2c1. The zero-order valence-electron chi connectivity index (χ0n) is 8.66. The molecule has 1 N–H and O–H groups in total. The Bertz CT molecular complexity index is 445. The molecule has 0 saturated heterocycles. The van der Waals surface area contributed by atoms with Crippen LogP contribution in [0.3, 0.4) is 0 Å². The van der Waals surface area contributed by atoms with Crippen LogP contribution in [-0.2, 0) is 0 Å². The van der Waals surface area contributed by atoms with Gasteiger partial charge >= 0.3 is 0 Å². The average Bonchev–Trinajstić information content (AvgIpc) is 2.59. The van der Waals surface area contributed by atoms with Crippen LogP contribution in [-0.4, -0.2) is 12.0 Å². The molecule has 3 heteroatoms. The molecule has 0 spiro atoms. The van der Waals surface area contributed by atoms with Gasteiger partial charge in [0.1, 0.15) is 5.52 Å². The molecule has 14 heavy (non-hydrogen) atoms. The topological polar surface area (TPSA) is 38.1 Å². The first-order valence-corrected chi connectivity index (χ1v) is 4.79. The largest absolute Gasteiger partial charge is 0.440 e. The van der Waals surface area contributed by atoms with Crippen molar-refractivity contribution in [1.82, 2.24) is 4.98 Å². The number of nitrogens with zero attached hydrogens (tertiary/aromatic N) is 1. The predicted molar refractivity (Wildman–Crippen MR) is 57.6 cm³/mol. The molecule has 0 aliphatic carbocycles. The molecule has 2 aromatic rings. The summed E-state index contributed by atoms with van der Waals surface area (Å²) in [5.41, 5.74) is 2.83. The van der Waals surface area contributed by atoms with Crippen molar-refractivity contribution >= 4 is 16.8 Å². The number of oxazole rings is 1. The summed E-state index contributed by atoms with van der Waals surface area (Å²) in [6.07, 6.45) is 0. The van der Waals surface area contributed by atoms with Crippen LogP contribution in [0.15, 0.2) is 22.6 Å². The Hall–Kier alpha value is -1.51. The molecule has 0 fully saturated rings. The van der Waals surface area contributed by atoms with E-state index in [-0.39, 0.29) is 0 Å². The summed E-state index contributed by atoms with van der Waals surface area (Å²) < 4.78 is 5.59. The number of rotatable bonds is 2. The van der Waals surface area contributed by atoms with Crippen molar-refractivity contribution < 1.29 is 4.42 Å². The molecule has 74 valence electrons. The van der Waals surface area contributed by atoms with Crippen molar-refractivity contribution in [1.29, 1.82) is 0 Å². The van der Waals surface area contributed by atoms with E-state index in [2.05, 4.69) is 24.1 Å². The summed E-state index contributed by atoms with van der Waals surface area (Å²) in [5.74, 6) is 1.13. The third-order valence-electron chi connectivity index (χ3n) is 2.19. The molecule has 0 aliphatic rings. The Balaban J connectivity index is 2.54. The van der Waals surface area contributed by atoms with E-state index in [1.54, 1.807) is 0 Å². The Labute approximate surface area is 83.1 Å². The number of aromatic nitrogens is 1. The molecule has 0 saturated carbocycles. The van der Waals surface area contributed by atoms with E-state index < -0.39 is 0 Å². The fourth-order valence-corrected chi connectivity index (χ4v) is 1.35. The summed E-state index contributed by atoms with van der Waals surface area (Å²) in [6.45, 7) is 4.15. The smallest absolute Gasteiger partial charge is 0.198 e. The first-order valence-electron chi connectivity index (χ1n) is 4.79. The molecular weight excluding hydrogens is 176 g/mol. The number of hydrogen-bond donors (Lipinski definition) is 1. The summed E-state index contributed by atoms with van der Waals surface area (Å²) in [4.78, 5) is 4.41. The first kappa shape index (κ1) is 9.06. The minimum Gasteiger partial charge on any atom is -0.440 e. The highest BCUT2D eigenvalue weighted by molar-refractivity contribution is 5.77. The van der Waals surface area contributed by atoms with Gasteiger partial charge in [-0.2, -0.15) is 0 Å². The number of nitrogens with one attached hydrogen (secondary N) is 1. The molecule has 0 atom stereocenters. The molecular formula is C11H14N2O. The zero-order chi connectivity index (χ0) is 10.1. The van der Waals surface area contributed by atoms with Gasteiger partial charge in [0.15, 0.2) is 11.5 Å². The second-order valence-electron chi connectivity index (χ2n) is 3.64. The monoisotopic (exact) mass is 190 g/mol. The lowest BCUT2D eigenvalue weighted by atomic mass is 10.2. The maximum absolute atomic E-state index is 5.59. The highest BCUT2D eigenvalue weighted by atomic mass is 16.3. The van der Waals surface area contributed by atoms with E-state index >= 15 is 0 Å². The molecule has 0 amide bonds. The van der Waals surface area contributed by atoms with Crippen molar-refractivity contribution in [3.63, 3.8) is 0 Å². The minimum absolute atomic E-state index is 0.334. The van der Waals surface area contributed by atoms with Crippen LogP contribution in [0.25, 0.3) is 11.1 Å². The minimum atomic E-state index is 0.334. The highest BCUT2D eigenvalue weighted by Gasteiger charge is 2.08. The Kier molecular flexibility index (Phi) is 2.15. The van der Waals surface area contributed by atoms with Crippen LogP contribution in [0.4, 0.5) is 5.69 Å². The van der Waals surface area contributed by atoms with Gasteiger partial charge in [0.25, 0.3) is 0 Å². The van der Waals surface area contributed by atoms with Crippen molar-refractivity contribution in [2.75, 3.05) is 12.4 Å². The molecule has 2 rings (SSSR count). The average molecular weight is 190 g/mol. The van der Waals surface area contributed by atoms with E-state index in [9.17, 15) is 0 Å². The highest BCUT2D eigenvalue weighted by Crippen LogP contribution is 2.23. The summed E-state index contributed by atoms with van der Waals surface area (Å²) in [6, 6.07) is 5.92. The normalized spacial score (nSPS) is 11.1. The predicted octanol–water partition coefficient (Wildman–Crippen LogP) is 2.99. The molecule has 1 aromatic carbocycles. The molecule has 0 radical (unpaired) electrons.